The minimum absolute atomic E-state index is 0.170. The van der Waals surface area contributed by atoms with Crippen LogP contribution in [0.3, 0.4) is 0 Å². The maximum atomic E-state index is 11.1. The van der Waals surface area contributed by atoms with Crippen LogP contribution in [0.2, 0.25) is 0 Å². The van der Waals surface area contributed by atoms with E-state index in [9.17, 15) is 4.79 Å². The summed E-state index contributed by atoms with van der Waals surface area (Å²) in [6.45, 7) is 3.68. The van der Waals surface area contributed by atoms with Crippen molar-refractivity contribution in [2.24, 2.45) is 0 Å². The van der Waals surface area contributed by atoms with Crippen LogP contribution in [0.5, 0.6) is 0 Å². The van der Waals surface area contributed by atoms with Gasteiger partial charge in [0.2, 0.25) is 5.91 Å². The van der Waals surface area contributed by atoms with E-state index in [0.717, 1.165) is 32.4 Å². The number of ether oxygens (including phenoxy) is 1. The fourth-order valence-electron chi connectivity index (χ4n) is 1.72. The first-order valence-corrected chi connectivity index (χ1v) is 5.71. The molecule has 0 radical (unpaired) electrons. The molecule has 1 amide bonds. The molecule has 0 aromatic carbocycles. The standard InChI is InChI=1S/C11H21NO2/c1-2-5-11(13)12-8-7-10-6-3-4-9-14-10/h10H,2-9H2,1H3,(H,12,13). The Balaban J connectivity index is 1.99. The van der Waals surface area contributed by atoms with Crippen LogP contribution in [-0.2, 0) is 9.53 Å². The molecule has 1 saturated heterocycles. The maximum absolute atomic E-state index is 11.1. The topological polar surface area (TPSA) is 38.3 Å². The Hall–Kier alpha value is -0.570. The molecular weight excluding hydrogens is 178 g/mol. The summed E-state index contributed by atoms with van der Waals surface area (Å²) in [7, 11) is 0. The molecule has 0 aromatic heterocycles. The predicted molar refractivity (Wildman–Crippen MR) is 56.1 cm³/mol. The Morgan fingerprint density at radius 1 is 1.50 bits per heavy atom. The van der Waals surface area contributed by atoms with Gasteiger partial charge in [0, 0.05) is 19.6 Å². The Kier molecular flexibility index (Phi) is 5.60. The average Bonchev–Trinajstić information content (AvgIpc) is 2.20. The van der Waals surface area contributed by atoms with Gasteiger partial charge in [0.25, 0.3) is 0 Å². The smallest absolute Gasteiger partial charge is 0.219 e. The van der Waals surface area contributed by atoms with E-state index in [1.54, 1.807) is 0 Å². The molecule has 1 aliphatic heterocycles. The summed E-state index contributed by atoms with van der Waals surface area (Å²) in [5.74, 6) is 0.170. The lowest BCUT2D eigenvalue weighted by Gasteiger charge is -2.22. The summed E-state index contributed by atoms with van der Waals surface area (Å²) < 4.78 is 5.57. The Morgan fingerprint density at radius 3 is 3.00 bits per heavy atom. The molecule has 1 fully saturated rings. The summed E-state index contributed by atoms with van der Waals surface area (Å²) in [6, 6.07) is 0. The number of hydrogen-bond donors (Lipinski definition) is 1. The molecule has 1 N–H and O–H groups in total. The van der Waals surface area contributed by atoms with E-state index in [1.807, 2.05) is 6.92 Å². The van der Waals surface area contributed by atoms with E-state index in [-0.39, 0.29) is 5.91 Å². The molecule has 14 heavy (non-hydrogen) atoms. The minimum Gasteiger partial charge on any atom is -0.378 e. The van der Waals surface area contributed by atoms with Crippen LogP contribution in [-0.4, -0.2) is 25.2 Å². The number of carbonyl (C=O) groups excluding carboxylic acids is 1. The van der Waals surface area contributed by atoms with Gasteiger partial charge in [-0.3, -0.25) is 4.79 Å². The molecule has 1 heterocycles. The monoisotopic (exact) mass is 199 g/mol. The molecule has 1 unspecified atom stereocenters. The Labute approximate surface area is 86.2 Å². The lowest BCUT2D eigenvalue weighted by Crippen LogP contribution is -2.29. The molecule has 1 rings (SSSR count). The van der Waals surface area contributed by atoms with Crippen molar-refractivity contribution in [2.45, 2.75) is 51.6 Å². The molecule has 0 aromatic rings. The minimum atomic E-state index is 0.170. The quantitative estimate of drug-likeness (QED) is 0.734. The molecular formula is C11H21NO2. The molecule has 0 saturated carbocycles. The molecule has 0 bridgehead atoms. The highest BCUT2D eigenvalue weighted by Crippen LogP contribution is 2.14. The Morgan fingerprint density at radius 2 is 2.36 bits per heavy atom. The van der Waals surface area contributed by atoms with E-state index in [2.05, 4.69) is 5.32 Å². The van der Waals surface area contributed by atoms with Gasteiger partial charge >= 0.3 is 0 Å². The first-order chi connectivity index (χ1) is 6.83. The molecule has 82 valence electrons. The number of rotatable bonds is 5. The van der Waals surface area contributed by atoms with Crippen molar-refractivity contribution in [3.63, 3.8) is 0 Å². The fourth-order valence-corrected chi connectivity index (χ4v) is 1.72. The van der Waals surface area contributed by atoms with Crippen LogP contribution in [0.15, 0.2) is 0 Å². The molecule has 3 heteroatoms. The summed E-state index contributed by atoms with van der Waals surface area (Å²) in [6.07, 6.45) is 6.54. The van der Waals surface area contributed by atoms with E-state index in [1.165, 1.54) is 12.8 Å². The van der Waals surface area contributed by atoms with Crippen LogP contribution in [0.25, 0.3) is 0 Å². The highest BCUT2D eigenvalue weighted by Gasteiger charge is 2.13. The van der Waals surface area contributed by atoms with Crippen molar-refractivity contribution >= 4 is 5.91 Å². The highest BCUT2D eigenvalue weighted by atomic mass is 16.5. The van der Waals surface area contributed by atoms with E-state index < -0.39 is 0 Å². The normalized spacial score (nSPS) is 21.9. The second-order valence-electron chi connectivity index (χ2n) is 3.88. The molecule has 1 atom stereocenters. The summed E-state index contributed by atoms with van der Waals surface area (Å²) in [5.41, 5.74) is 0. The van der Waals surface area contributed by atoms with E-state index >= 15 is 0 Å². The third-order valence-corrected chi connectivity index (χ3v) is 2.54. The number of amides is 1. The molecule has 3 nitrogen and oxygen atoms in total. The Bertz CT molecular complexity index is 165. The van der Waals surface area contributed by atoms with Gasteiger partial charge in [-0.1, -0.05) is 6.92 Å². The van der Waals surface area contributed by atoms with E-state index in [4.69, 9.17) is 4.74 Å². The van der Waals surface area contributed by atoms with E-state index in [0.29, 0.717) is 12.5 Å². The summed E-state index contributed by atoms with van der Waals surface area (Å²) in [4.78, 5) is 11.1. The van der Waals surface area contributed by atoms with Gasteiger partial charge in [-0.05, 0) is 32.1 Å². The molecule has 0 aliphatic carbocycles. The van der Waals surface area contributed by atoms with Crippen molar-refractivity contribution in [3.05, 3.63) is 0 Å². The zero-order valence-corrected chi connectivity index (χ0v) is 9.05. The number of nitrogens with one attached hydrogen (secondary N) is 1. The fraction of sp³-hybridized carbons (Fsp3) is 0.909. The third kappa shape index (κ3) is 4.61. The van der Waals surface area contributed by atoms with Gasteiger partial charge in [-0.2, -0.15) is 0 Å². The maximum Gasteiger partial charge on any atom is 0.219 e. The van der Waals surface area contributed by atoms with Crippen LogP contribution in [0.4, 0.5) is 0 Å². The summed E-state index contributed by atoms with van der Waals surface area (Å²) >= 11 is 0. The van der Waals surface area contributed by atoms with Crippen LogP contribution < -0.4 is 5.32 Å². The van der Waals surface area contributed by atoms with Crippen molar-refractivity contribution < 1.29 is 9.53 Å². The van der Waals surface area contributed by atoms with Crippen LogP contribution in [0, 0.1) is 0 Å². The second-order valence-corrected chi connectivity index (χ2v) is 3.88. The second kappa shape index (κ2) is 6.82. The zero-order chi connectivity index (χ0) is 10.2. The first kappa shape index (κ1) is 11.5. The zero-order valence-electron chi connectivity index (χ0n) is 9.05. The SMILES string of the molecule is CCCC(=O)NCCC1CCCCO1. The van der Waals surface area contributed by atoms with Crippen molar-refractivity contribution in [1.29, 1.82) is 0 Å². The third-order valence-electron chi connectivity index (χ3n) is 2.54. The van der Waals surface area contributed by atoms with Crippen LogP contribution >= 0.6 is 0 Å². The van der Waals surface area contributed by atoms with Gasteiger partial charge in [0.15, 0.2) is 0 Å². The first-order valence-electron chi connectivity index (χ1n) is 5.71. The lowest BCUT2D eigenvalue weighted by molar-refractivity contribution is -0.121. The van der Waals surface area contributed by atoms with Crippen molar-refractivity contribution in [1.82, 2.24) is 5.32 Å². The highest BCUT2D eigenvalue weighted by molar-refractivity contribution is 5.75. The molecule has 0 spiro atoms. The lowest BCUT2D eigenvalue weighted by atomic mass is 10.1. The largest absolute Gasteiger partial charge is 0.378 e. The summed E-state index contributed by atoms with van der Waals surface area (Å²) in [5, 5.41) is 2.91. The number of hydrogen-bond acceptors (Lipinski definition) is 2. The molecule has 1 aliphatic rings. The van der Waals surface area contributed by atoms with Gasteiger partial charge in [-0.25, -0.2) is 0 Å². The van der Waals surface area contributed by atoms with Gasteiger partial charge in [-0.15, -0.1) is 0 Å². The van der Waals surface area contributed by atoms with Crippen molar-refractivity contribution in [2.75, 3.05) is 13.2 Å². The predicted octanol–water partition coefficient (Wildman–Crippen LogP) is 1.86. The van der Waals surface area contributed by atoms with Gasteiger partial charge in [0.1, 0.15) is 0 Å². The number of carbonyl (C=O) groups is 1. The van der Waals surface area contributed by atoms with Crippen LogP contribution in [0.1, 0.15) is 45.4 Å². The van der Waals surface area contributed by atoms with Gasteiger partial charge < -0.3 is 10.1 Å². The van der Waals surface area contributed by atoms with Crippen molar-refractivity contribution in [3.8, 4) is 0 Å². The average molecular weight is 199 g/mol. The van der Waals surface area contributed by atoms with Gasteiger partial charge in [0.05, 0.1) is 6.10 Å².